The average molecular weight is 742 g/mol. The third-order valence-electron chi connectivity index (χ3n) is 9.24. The number of ether oxygens (including phenoxy) is 3. The molecule has 2 aromatic heterocycles. The minimum absolute atomic E-state index is 0.0481. The molecule has 0 aliphatic carbocycles. The number of carboxylic acids is 1. The maximum absolute atomic E-state index is 13.1. The molecule has 0 radical (unpaired) electrons. The van der Waals surface area contributed by atoms with Gasteiger partial charge in [-0.3, -0.25) is 18.9 Å². The molecule has 3 N–H and O–H groups in total. The summed E-state index contributed by atoms with van der Waals surface area (Å²) in [6.45, 7) is 8.34. The van der Waals surface area contributed by atoms with E-state index in [1.54, 1.807) is 59.4 Å². The minimum atomic E-state index is -3.37. The lowest BCUT2D eigenvalue weighted by atomic mass is 9.81. The molecule has 2 unspecified atom stereocenters. The molecule has 13 nitrogen and oxygen atoms in total. The molecule has 0 bridgehead atoms. The fourth-order valence-electron chi connectivity index (χ4n) is 6.38. The summed E-state index contributed by atoms with van der Waals surface area (Å²) in [4.78, 5) is 29.0. The molecular formula is C39H43N5O8S. The molecule has 278 valence electrons. The van der Waals surface area contributed by atoms with E-state index in [2.05, 4.69) is 15.3 Å². The first kappa shape index (κ1) is 37.6. The summed E-state index contributed by atoms with van der Waals surface area (Å²) in [7, 11) is -2.03. The number of hydrogen-bond acceptors (Lipinski definition) is 11. The summed E-state index contributed by atoms with van der Waals surface area (Å²) in [5.74, 6) is -1.03. The van der Waals surface area contributed by atoms with Gasteiger partial charge in [-0.2, -0.15) is 4.31 Å². The van der Waals surface area contributed by atoms with Crippen LogP contribution in [0, 0.1) is 12.3 Å². The number of aromatic nitrogens is 4. The Kier molecular flexibility index (Phi) is 11.0. The Hall–Kier alpha value is -5.12. The van der Waals surface area contributed by atoms with Crippen molar-refractivity contribution in [3.63, 3.8) is 0 Å². The van der Waals surface area contributed by atoms with Gasteiger partial charge >= 0.3 is 11.9 Å². The van der Waals surface area contributed by atoms with Gasteiger partial charge in [0.15, 0.2) is 0 Å². The lowest BCUT2D eigenvalue weighted by Gasteiger charge is -2.42. The number of rotatable bonds is 12. The van der Waals surface area contributed by atoms with Crippen LogP contribution in [-0.4, -0.2) is 70.2 Å². The Morgan fingerprint density at radius 1 is 1.04 bits per heavy atom. The molecule has 0 spiro atoms. The third-order valence-corrected chi connectivity index (χ3v) is 11.2. The highest BCUT2D eigenvalue weighted by Gasteiger charge is 2.41. The number of carboxylic acid groups (broad SMARTS) is 1. The number of methoxy groups -OCH3 is 1. The second kappa shape index (κ2) is 15.5. The van der Waals surface area contributed by atoms with Gasteiger partial charge in [-0.25, -0.2) is 9.48 Å². The minimum Gasteiger partial charge on any atom is -0.487 e. The molecule has 2 atom stereocenters. The molecule has 6 rings (SSSR count). The van der Waals surface area contributed by atoms with Crippen molar-refractivity contribution in [1.82, 2.24) is 24.3 Å². The molecule has 0 amide bonds. The van der Waals surface area contributed by atoms with E-state index in [4.69, 9.17) is 14.2 Å². The van der Waals surface area contributed by atoms with Crippen LogP contribution < -0.4 is 4.74 Å². The summed E-state index contributed by atoms with van der Waals surface area (Å²) < 4.78 is 44.1. The van der Waals surface area contributed by atoms with Gasteiger partial charge in [0.2, 0.25) is 0 Å². The Labute approximate surface area is 309 Å². The first-order chi connectivity index (χ1) is 25.3. The molecule has 14 heteroatoms. The fraction of sp³-hybridized carbons (Fsp3) is 0.308. The molecule has 0 saturated carbocycles. The largest absolute Gasteiger partial charge is 0.487 e. The number of carbonyl (C=O) groups is 2. The Morgan fingerprint density at radius 2 is 1.83 bits per heavy atom. The van der Waals surface area contributed by atoms with Crippen molar-refractivity contribution in [2.45, 2.75) is 64.5 Å². The molecular weight excluding hydrogens is 699 g/mol. The number of esters is 1. The summed E-state index contributed by atoms with van der Waals surface area (Å²) in [5.41, 5.74) is 4.47. The van der Waals surface area contributed by atoms with Gasteiger partial charge in [-0.05, 0) is 80.3 Å². The van der Waals surface area contributed by atoms with Crippen LogP contribution in [0.25, 0.3) is 11.3 Å². The summed E-state index contributed by atoms with van der Waals surface area (Å²) >= 11 is 0. The smallest absolute Gasteiger partial charge is 0.337 e. The number of nitrogens with zero attached hydrogens (tertiary/aromatic N) is 5. The van der Waals surface area contributed by atoms with E-state index < -0.39 is 34.2 Å². The van der Waals surface area contributed by atoms with E-state index >= 15 is 0 Å². The van der Waals surface area contributed by atoms with E-state index in [1.807, 2.05) is 56.3 Å². The van der Waals surface area contributed by atoms with Crippen molar-refractivity contribution in [3.8, 4) is 17.0 Å². The normalized spacial score (nSPS) is 16.8. The van der Waals surface area contributed by atoms with Gasteiger partial charge < -0.3 is 19.3 Å². The second-order valence-electron chi connectivity index (χ2n) is 13.7. The second-order valence-corrected chi connectivity index (χ2v) is 15.6. The van der Waals surface area contributed by atoms with Crippen LogP contribution in [0.1, 0.15) is 65.2 Å². The van der Waals surface area contributed by atoms with Crippen molar-refractivity contribution in [2.24, 2.45) is 5.41 Å². The van der Waals surface area contributed by atoms with Gasteiger partial charge in [-0.1, -0.05) is 53.7 Å². The predicted octanol–water partition coefficient (Wildman–Crippen LogP) is 7.16. The van der Waals surface area contributed by atoms with Gasteiger partial charge in [0.25, 0.3) is 0 Å². The Morgan fingerprint density at radius 3 is 2.57 bits per heavy atom. The van der Waals surface area contributed by atoms with E-state index in [1.165, 1.54) is 19.4 Å². The van der Waals surface area contributed by atoms with Crippen LogP contribution >= 0.6 is 10.8 Å². The average Bonchev–Trinajstić information content (AvgIpc) is 3.55. The summed E-state index contributed by atoms with van der Waals surface area (Å²) in [6.07, 6.45) is 2.06. The van der Waals surface area contributed by atoms with Gasteiger partial charge in [0.1, 0.15) is 22.4 Å². The maximum atomic E-state index is 13.1. The molecule has 1 aliphatic rings. The van der Waals surface area contributed by atoms with Gasteiger partial charge in [-0.15, -0.1) is 15.9 Å². The zero-order valence-corrected chi connectivity index (χ0v) is 31.0. The zero-order chi connectivity index (χ0) is 37.9. The van der Waals surface area contributed by atoms with E-state index in [-0.39, 0.29) is 31.4 Å². The quantitative estimate of drug-likeness (QED) is 0.111. The van der Waals surface area contributed by atoms with Gasteiger partial charge in [0.05, 0.1) is 55.8 Å². The number of aryl methyl sites for hydroxylation is 1. The van der Waals surface area contributed by atoms with E-state index in [0.29, 0.717) is 34.1 Å². The lowest BCUT2D eigenvalue weighted by Crippen LogP contribution is -2.35. The predicted molar refractivity (Wildman–Crippen MR) is 198 cm³/mol. The molecule has 0 saturated heterocycles. The first-order valence-corrected chi connectivity index (χ1v) is 18.5. The van der Waals surface area contributed by atoms with Crippen LogP contribution in [-0.2, 0) is 34.0 Å². The first-order valence-electron chi connectivity index (χ1n) is 17.0. The topological polar surface area (TPSA) is 169 Å². The van der Waals surface area contributed by atoms with Gasteiger partial charge in [0, 0.05) is 18.3 Å². The number of pyridine rings is 1. The zero-order valence-electron chi connectivity index (χ0n) is 30.2. The molecule has 53 heavy (non-hydrogen) atoms. The van der Waals surface area contributed by atoms with Crippen LogP contribution in [0.3, 0.4) is 0 Å². The van der Waals surface area contributed by atoms with Crippen molar-refractivity contribution >= 4 is 22.7 Å². The van der Waals surface area contributed by atoms with Crippen molar-refractivity contribution in [2.75, 3.05) is 13.7 Å². The Balaban J connectivity index is 1.21. The fourth-order valence-corrected chi connectivity index (χ4v) is 8.04. The van der Waals surface area contributed by atoms with E-state index in [9.17, 15) is 23.8 Å². The lowest BCUT2D eigenvalue weighted by molar-refractivity contribution is -0.162. The number of para-hydroxylation sites is 1. The molecule has 5 aromatic rings. The van der Waals surface area contributed by atoms with E-state index in [0.717, 1.165) is 22.3 Å². The Bertz CT molecular complexity index is 2100. The van der Waals surface area contributed by atoms with Crippen LogP contribution in [0.5, 0.6) is 5.75 Å². The van der Waals surface area contributed by atoms with Crippen molar-refractivity contribution in [1.29, 1.82) is 0 Å². The molecule has 3 aromatic carbocycles. The van der Waals surface area contributed by atoms with Crippen LogP contribution in [0.4, 0.5) is 0 Å². The number of hydrogen-bond donors (Lipinski definition) is 3. The summed E-state index contributed by atoms with van der Waals surface area (Å²) in [6, 6.07) is 23.7. The van der Waals surface area contributed by atoms with Crippen molar-refractivity contribution in [3.05, 3.63) is 125 Å². The highest BCUT2D eigenvalue weighted by molar-refractivity contribution is 8.22. The highest BCUT2D eigenvalue weighted by atomic mass is 32.3. The summed E-state index contributed by atoms with van der Waals surface area (Å²) in [5, 5.41) is 17.8. The standard InChI is InChI=1S/C39H43N5O8S/c1-25-13-14-29(18-31(25)22-44-20-26(2)52-34-11-6-7-12-35(34)53(44,48)49)36(39(3,4)38(47)50-5)51-24-32-23-43(42-41-32)21-27-9-8-10-28(17-27)33-16-15-30(19-40-33)37(45)46/h6-19,23,26,36,48-49H,20-22,24H2,1-5H3,(H,45,46). The number of carbonyl (C=O) groups excluding carboxylic acids is 1. The number of benzene rings is 3. The molecule has 3 heterocycles. The number of aromatic carboxylic acids is 1. The molecule has 0 fully saturated rings. The highest BCUT2D eigenvalue weighted by Crippen LogP contribution is 2.57. The SMILES string of the molecule is COC(=O)C(C)(C)C(OCc1cn(Cc2cccc(-c3ccc(C(=O)O)cn3)c2)nn1)c1ccc(C)c(CN2CC(C)Oc3ccccc3S2(O)O)c1. The third kappa shape index (κ3) is 8.27. The molecule has 1 aliphatic heterocycles. The van der Waals surface area contributed by atoms with Crippen LogP contribution in [0.2, 0.25) is 0 Å². The monoisotopic (exact) mass is 741 g/mol. The van der Waals surface area contributed by atoms with Crippen molar-refractivity contribution < 1.29 is 38.0 Å². The number of fused-ring (bicyclic) bond motifs is 1. The van der Waals surface area contributed by atoms with Crippen LogP contribution in [0.15, 0.2) is 96.2 Å². The maximum Gasteiger partial charge on any atom is 0.337 e.